The van der Waals surface area contributed by atoms with Crippen molar-refractivity contribution in [2.45, 2.75) is 19.1 Å². The van der Waals surface area contributed by atoms with Gasteiger partial charge in [0.15, 0.2) is 0 Å². The first-order valence-corrected chi connectivity index (χ1v) is 10.5. The Morgan fingerprint density at radius 3 is 2.68 bits per heavy atom. The zero-order valence-corrected chi connectivity index (χ0v) is 17.1. The van der Waals surface area contributed by atoms with Gasteiger partial charge in [0.1, 0.15) is 16.5 Å². The molecule has 0 bridgehead atoms. The van der Waals surface area contributed by atoms with Crippen LogP contribution in [0.4, 0.5) is 5.82 Å². The summed E-state index contributed by atoms with van der Waals surface area (Å²) in [6.07, 6.45) is 0.191. The summed E-state index contributed by atoms with van der Waals surface area (Å²) in [7, 11) is 4.01. The van der Waals surface area contributed by atoms with E-state index >= 15 is 0 Å². The molecular formula is C21H26N4O2S. The molecule has 0 radical (unpaired) electrons. The Hall–Kier alpha value is -2.06. The Labute approximate surface area is 169 Å². The van der Waals surface area contributed by atoms with Crippen LogP contribution in [0, 0.1) is 5.92 Å². The van der Waals surface area contributed by atoms with Crippen molar-refractivity contribution in [1.82, 2.24) is 14.9 Å². The first-order chi connectivity index (χ1) is 13.6. The summed E-state index contributed by atoms with van der Waals surface area (Å²) in [4.78, 5) is 14.9. The van der Waals surface area contributed by atoms with Gasteiger partial charge in [-0.3, -0.25) is 0 Å². The Kier molecular flexibility index (Phi) is 5.59. The van der Waals surface area contributed by atoms with Crippen LogP contribution in [-0.2, 0) is 6.54 Å². The Bertz CT molecular complexity index is 944. The Balaban J connectivity index is 1.83. The molecule has 3 heterocycles. The van der Waals surface area contributed by atoms with E-state index in [2.05, 4.69) is 27.3 Å². The molecule has 1 aromatic carbocycles. The zero-order chi connectivity index (χ0) is 19.7. The summed E-state index contributed by atoms with van der Waals surface area (Å²) in [5.74, 6) is 1.61. The van der Waals surface area contributed by atoms with Crippen LogP contribution in [0.2, 0.25) is 0 Å². The number of β-amino-alcohol motifs (C(OH)–C–C–N with tert-alkyl or cyclic N) is 1. The van der Waals surface area contributed by atoms with Gasteiger partial charge in [-0.05, 0) is 26.1 Å². The van der Waals surface area contributed by atoms with Gasteiger partial charge >= 0.3 is 0 Å². The van der Waals surface area contributed by atoms with Gasteiger partial charge in [0, 0.05) is 36.6 Å². The van der Waals surface area contributed by atoms with E-state index in [4.69, 9.17) is 9.97 Å². The molecule has 0 aliphatic carbocycles. The summed E-state index contributed by atoms with van der Waals surface area (Å²) in [5, 5.41) is 23.2. The highest BCUT2D eigenvalue weighted by molar-refractivity contribution is 7.17. The molecule has 28 heavy (non-hydrogen) atoms. The fourth-order valence-electron chi connectivity index (χ4n) is 3.76. The van der Waals surface area contributed by atoms with Crippen LogP contribution in [0.5, 0.6) is 0 Å². The number of fused-ring (bicyclic) bond motifs is 1. The molecule has 2 N–H and O–H groups in total. The lowest BCUT2D eigenvalue weighted by atomic mass is 9.94. The van der Waals surface area contributed by atoms with Gasteiger partial charge in [-0.1, -0.05) is 30.3 Å². The first kappa shape index (κ1) is 19.3. The van der Waals surface area contributed by atoms with E-state index in [0.717, 1.165) is 46.0 Å². The van der Waals surface area contributed by atoms with Crippen LogP contribution in [0.1, 0.15) is 12.2 Å². The maximum absolute atomic E-state index is 10.5. The number of nitrogens with zero attached hydrogens (tertiary/aromatic N) is 4. The van der Waals surface area contributed by atoms with E-state index in [1.54, 1.807) is 11.3 Å². The standard InChI is InChI=1S/C21H26N4O2S/c1-24(2)11-18-22-20(25-9-8-15(12-26)17(27)10-25)19-16(13-28-21(19)23-18)14-6-4-3-5-7-14/h3-7,13,15,17,26-27H,8-12H2,1-2H3/t15-,17+/m0/s1. The van der Waals surface area contributed by atoms with Gasteiger partial charge < -0.3 is 20.0 Å². The van der Waals surface area contributed by atoms with Gasteiger partial charge in [-0.25, -0.2) is 9.97 Å². The summed E-state index contributed by atoms with van der Waals surface area (Å²) in [6, 6.07) is 10.3. The van der Waals surface area contributed by atoms with Crippen molar-refractivity contribution in [3.8, 4) is 11.1 Å². The number of piperidine rings is 1. The van der Waals surface area contributed by atoms with Crippen LogP contribution in [0.25, 0.3) is 21.3 Å². The van der Waals surface area contributed by atoms with Gasteiger partial charge in [0.05, 0.1) is 18.0 Å². The van der Waals surface area contributed by atoms with Crippen LogP contribution < -0.4 is 4.90 Å². The molecular weight excluding hydrogens is 372 g/mol. The number of anilines is 1. The largest absolute Gasteiger partial charge is 0.396 e. The van der Waals surface area contributed by atoms with Crippen LogP contribution >= 0.6 is 11.3 Å². The molecule has 1 fully saturated rings. The molecule has 7 heteroatoms. The topological polar surface area (TPSA) is 72.7 Å². The molecule has 1 saturated heterocycles. The minimum Gasteiger partial charge on any atom is -0.396 e. The first-order valence-electron chi connectivity index (χ1n) is 9.59. The second-order valence-electron chi connectivity index (χ2n) is 7.64. The molecule has 3 aromatic rings. The molecule has 0 amide bonds. The van der Waals surface area contributed by atoms with E-state index in [9.17, 15) is 10.2 Å². The Morgan fingerprint density at radius 1 is 1.21 bits per heavy atom. The Morgan fingerprint density at radius 2 is 2.00 bits per heavy atom. The van der Waals surface area contributed by atoms with E-state index in [0.29, 0.717) is 13.1 Å². The van der Waals surface area contributed by atoms with E-state index in [1.165, 1.54) is 0 Å². The third-order valence-corrected chi connectivity index (χ3v) is 6.13. The van der Waals surface area contributed by atoms with Crippen LogP contribution in [-0.4, -0.2) is 65.0 Å². The average Bonchev–Trinajstić information content (AvgIpc) is 3.11. The fraction of sp³-hybridized carbons (Fsp3) is 0.429. The van der Waals surface area contributed by atoms with Crippen molar-refractivity contribution < 1.29 is 10.2 Å². The zero-order valence-electron chi connectivity index (χ0n) is 16.2. The molecule has 1 aliphatic heterocycles. The van der Waals surface area contributed by atoms with Crippen molar-refractivity contribution >= 4 is 27.4 Å². The summed E-state index contributed by atoms with van der Waals surface area (Å²) in [6.45, 7) is 1.92. The molecule has 2 aromatic heterocycles. The average molecular weight is 399 g/mol. The number of benzene rings is 1. The van der Waals surface area contributed by atoms with Crippen molar-refractivity contribution in [3.05, 3.63) is 41.5 Å². The third-order valence-electron chi connectivity index (χ3n) is 5.26. The SMILES string of the molecule is CN(C)Cc1nc(N2CC[C@@H](CO)[C@H](O)C2)c2c(-c3ccccc3)csc2n1. The molecule has 0 saturated carbocycles. The van der Waals surface area contributed by atoms with Crippen molar-refractivity contribution in [2.24, 2.45) is 5.92 Å². The molecule has 2 atom stereocenters. The quantitative estimate of drug-likeness (QED) is 0.688. The summed E-state index contributed by atoms with van der Waals surface area (Å²) < 4.78 is 0. The smallest absolute Gasteiger partial charge is 0.146 e. The molecule has 1 aliphatic rings. The predicted octanol–water partition coefficient (Wildman–Crippen LogP) is 2.60. The number of hydrogen-bond acceptors (Lipinski definition) is 7. The maximum Gasteiger partial charge on any atom is 0.146 e. The molecule has 6 nitrogen and oxygen atoms in total. The molecule has 0 spiro atoms. The monoisotopic (exact) mass is 398 g/mol. The normalized spacial score (nSPS) is 20.2. The third kappa shape index (κ3) is 3.75. The van der Waals surface area contributed by atoms with E-state index in [1.807, 2.05) is 32.3 Å². The van der Waals surface area contributed by atoms with Gasteiger partial charge in [-0.2, -0.15) is 0 Å². The second-order valence-corrected chi connectivity index (χ2v) is 8.50. The minimum atomic E-state index is -0.556. The highest BCUT2D eigenvalue weighted by atomic mass is 32.1. The predicted molar refractivity (Wildman–Crippen MR) is 114 cm³/mol. The number of aromatic nitrogens is 2. The lowest BCUT2D eigenvalue weighted by Crippen LogP contribution is -2.45. The summed E-state index contributed by atoms with van der Waals surface area (Å²) >= 11 is 1.64. The number of rotatable bonds is 5. The summed E-state index contributed by atoms with van der Waals surface area (Å²) in [5.41, 5.74) is 2.27. The van der Waals surface area contributed by atoms with Crippen LogP contribution in [0.3, 0.4) is 0 Å². The highest BCUT2D eigenvalue weighted by Crippen LogP contribution is 2.39. The van der Waals surface area contributed by atoms with E-state index < -0.39 is 6.10 Å². The van der Waals surface area contributed by atoms with Crippen molar-refractivity contribution in [1.29, 1.82) is 0 Å². The lowest BCUT2D eigenvalue weighted by Gasteiger charge is -2.36. The minimum absolute atomic E-state index is 0.0216. The molecule has 0 unspecified atom stereocenters. The number of aliphatic hydroxyl groups is 2. The van der Waals surface area contributed by atoms with Crippen LogP contribution in [0.15, 0.2) is 35.7 Å². The van der Waals surface area contributed by atoms with Gasteiger partial charge in [0.25, 0.3) is 0 Å². The lowest BCUT2D eigenvalue weighted by molar-refractivity contribution is 0.0546. The molecule has 4 rings (SSSR count). The second kappa shape index (κ2) is 8.13. The highest BCUT2D eigenvalue weighted by Gasteiger charge is 2.30. The number of aliphatic hydroxyl groups excluding tert-OH is 2. The maximum atomic E-state index is 10.5. The number of thiophene rings is 1. The fourth-order valence-corrected chi connectivity index (χ4v) is 4.73. The number of hydrogen-bond donors (Lipinski definition) is 2. The van der Waals surface area contributed by atoms with Crippen molar-refractivity contribution in [2.75, 3.05) is 38.7 Å². The van der Waals surface area contributed by atoms with Gasteiger partial charge in [-0.15, -0.1) is 11.3 Å². The van der Waals surface area contributed by atoms with Crippen molar-refractivity contribution in [3.63, 3.8) is 0 Å². The molecule has 148 valence electrons. The van der Waals surface area contributed by atoms with Gasteiger partial charge in [0.2, 0.25) is 0 Å². The van der Waals surface area contributed by atoms with E-state index in [-0.39, 0.29) is 12.5 Å².